The molecule has 0 amide bonds. The maximum Gasteiger partial charge on any atom is 0.0446 e. The van der Waals surface area contributed by atoms with Crippen LogP contribution in [0.5, 0.6) is 0 Å². The van der Waals surface area contributed by atoms with Crippen molar-refractivity contribution < 1.29 is 0 Å². The maximum absolute atomic E-state index is 3.05. The molecular weight excluding hydrogens is 96.1 g/mol. The van der Waals surface area contributed by atoms with Crippen LogP contribution in [0, 0.1) is 17.8 Å². The fourth-order valence-electron chi connectivity index (χ4n) is 0.328. The molecule has 0 spiro atoms. The highest BCUT2D eigenvalue weighted by Crippen LogP contribution is 1.99. The normalized spacial score (nSPS) is 8.50. The third-order valence-electron chi connectivity index (χ3n) is 1.01. The van der Waals surface area contributed by atoms with Crippen LogP contribution in [0.4, 0.5) is 0 Å². The monoisotopic (exact) mass is 109 g/mol. The van der Waals surface area contributed by atoms with Crippen molar-refractivity contribution in [2.75, 3.05) is 0 Å². The van der Waals surface area contributed by atoms with Crippen molar-refractivity contribution in [1.82, 2.24) is 0 Å². The molecule has 0 unspecified atom stereocenters. The van der Waals surface area contributed by atoms with Gasteiger partial charge in [0.05, 0.1) is 0 Å². The molecule has 45 valence electrons. The quantitative estimate of drug-likeness (QED) is 0.453. The highest BCUT2D eigenvalue weighted by atomic mass is 13.9. The Kier molecular flexibility index (Phi) is 4.45. The summed E-state index contributed by atoms with van der Waals surface area (Å²) < 4.78 is 0. The second kappa shape index (κ2) is 4.71. The molecule has 0 heteroatoms. The zero-order valence-corrected chi connectivity index (χ0v) is 5.91. The van der Waals surface area contributed by atoms with Gasteiger partial charge in [-0.3, -0.25) is 0 Å². The molecule has 0 nitrogen and oxygen atoms in total. The van der Waals surface area contributed by atoms with E-state index in [1.807, 2.05) is 0 Å². The van der Waals surface area contributed by atoms with E-state index < -0.39 is 0 Å². The second-order valence-corrected chi connectivity index (χ2v) is 1.79. The van der Waals surface area contributed by atoms with Crippen LogP contribution in [0.2, 0.25) is 0 Å². The Balaban J connectivity index is 3.35. The lowest BCUT2D eigenvalue weighted by molar-refractivity contribution is 1.00. The summed E-state index contributed by atoms with van der Waals surface area (Å²) in [5.74, 6) is 7.34. The SMILES string of the molecule is CCC#C[C](C)CC. The topological polar surface area (TPSA) is 0 Å². The Morgan fingerprint density at radius 1 is 1.38 bits per heavy atom. The summed E-state index contributed by atoms with van der Waals surface area (Å²) in [5, 5.41) is 0. The molecule has 0 N–H and O–H groups in total. The largest absolute Gasteiger partial charge is 0.103 e. The molecule has 0 bridgehead atoms. The van der Waals surface area contributed by atoms with Crippen molar-refractivity contribution in [1.29, 1.82) is 0 Å². The van der Waals surface area contributed by atoms with Gasteiger partial charge >= 0.3 is 0 Å². The van der Waals surface area contributed by atoms with Crippen LogP contribution in [0.15, 0.2) is 0 Å². The van der Waals surface area contributed by atoms with E-state index in [1.54, 1.807) is 0 Å². The van der Waals surface area contributed by atoms with Crippen LogP contribution in [-0.2, 0) is 0 Å². The summed E-state index contributed by atoms with van der Waals surface area (Å²) in [6.07, 6.45) is 2.06. The summed E-state index contributed by atoms with van der Waals surface area (Å²) >= 11 is 0. The molecule has 0 aliphatic carbocycles. The van der Waals surface area contributed by atoms with Gasteiger partial charge in [-0.05, 0) is 13.3 Å². The standard InChI is InChI=1S/C8H13/c1-4-6-7-8(3)5-2/h4-5H2,1-3H3. The van der Waals surface area contributed by atoms with Crippen molar-refractivity contribution >= 4 is 0 Å². The van der Waals surface area contributed by atoms with Crippen LogP contribution in [0.1, 0.15) is 33.6 Å². The van der Waals surface area contributed by atoms with Crippen LogP contribution in [0.25, 0.3) is 0 Å². The molecule has 0 aromatic carbocycles. The first-order valence-electron chi connectivity index (χ1n) is 3.12. The smallest absolute Gasteiger partial charge is 0.0446 e. The molecule has 0 atom stereocenters. The Morgan fingerprint density at radius 3 is 2.38 bits per heavy atom. The van der Waals surface area contributed by atoms with Gasteiger partial charge in [-0.15, -0.1) is 5.92 Å². The van der Waals surface area contributed by atoms with Crippen LogP contribution >= 0.6 is 0 Å². The van der Waals surface area contributed by atoms with Crippen molar-refractivity contribution in [3.63, 3.8) is 0 Å². The minimum absolute atomic E-state index is 0.970. The van der Waals surface area contributed by atoms with E-state index in [-0.39, 0.29) is 0 Å². The van der Waals surface area contributed by atoms with Gasteiger partial charge in [-0.25, -0.2) is 0 Å². The van der Waals surface area contributed by atoms with Gasteiger partial charge in [-0.2, -0.15) is 0 Å². The van der Waals surface area contributed by atoms with Gasteiger partial charge in [0.15, 0.2) is 0 Å². The number of rotatable bonds is 1. The van der Waals surface area contributed by atoms with Crippen LogP contribution in [-0.4, -0.2) is 0 Å². The van der Waals surface area contributed by atoms with E-state index in [0.29, 0.717) is 0 Å². The summed E-state index contributed by atoms with van der Waals surface area (Å²) in [4.78, 5) is 0. The molecule has 0 aromatic rings. The van der Waals surface area contributed by atoms with E-state index in [1.165, 1.54) is 5.92 Å². The first-order chi connectivity index (χ1) is 3.81. The summed E-state index contributed by atoms with van der Waals surface area (Å²) in [6, 6.07) is 0. The Hall–Kier alpha value is -0.440. The highest BCUT2D eigenvalue weighted by Gasteiger charge is 1.88. The lowest BCUT2D eigenvalue weighted by Crippen LogP contribution is -1.80. The van der Waals surface area contributed by atoms with E-state index in [0.717, 1.165) is 12.8 Å². The van der Waals surface area contributed by atoms with Crippen LogP contribution < -0.4 is 0 Å². The predicted molar refractivity (Wildman–Crippen MR) is 37.3 cm³/mol. The Labute approximate surface area is 52.3 Å². The Morgan fingerprint density at radius 2 is 2.00 bits per heavy atom. The minimum atomic E-state index is 0.970. The van der Waals surface area contributed by atoms with Gasteiger partial charge in [-0.1, -0.05) is 19.8 Å². The van der Waals surface area contributed by atoms with Gasteiger partial charge in [0, 0.05) is 12.3 Å². The van der Waals surface area contributed by atoms with E-state index in [4.69, 9.17) is 0 Å². The highest BCUT2D eigenvalue weighted by molar-refractivity contribution is 5.18. The molecule has 0 aliphatic rings. The summed E-state index contributed by atoms with van der Waals surface area (Å²) in [6.45, 7) is 6.26. The number of hydrogen-bond acceptors (Lipinski definition) is 0. The summed E-state index contributed by atoms with van der Waals surface area (Å²) in [7, 11) is 0. The molecule has 0 saturated heterocycles. The fourth-order valence-corrected chi connectivity index (χ4v) is 0.328. The van der Waals surface area contributed by atoms with Crippen molar-refractivity contribution in [2.45, 2.75) is 33.6 Å². The third-order valence-corrected chi connectivity index (χ3v) is 1.01. The lowest BCUT2D eigenvalue weighted by atomic mass is 10.1. The van der Waals surface area contributed by atoms with Crippen molar-refractivity contribution in [3.05, 3.63) is 5.92 Å². The molecule has 0 rings (SSSR count). The Bertz CT molecular complexity index is 92.3. The number of hydrogen-bond donors (Lipinski definition) is 0. The molecule has 0 saturated carbocycles. The van der Waals surface area contributed by atoms with Gasteiger partial charge in [0.1, 0.15) is 0 Å². The average molecular weight is 109 g/mol. The first-order valence-corrected chi connectivity index (χ1v) is 3.12. The van der Waals surface area contributed by atoms with Gasteiger partial charge in [0.2, 0.25) is 0 Å². The zero-order valence-electron chi connectivity index (χ0n) is 5.91. The molecule has 0 fully saturated rings. The van der Waals surface area contributed by atoms with E-state index >= 15 is 0 Å². The summed E-state index contributed by atoms with van der Waals surface area (Å²) in [5.41, 5.74) is 0. The molecule has 0 aromatic heterocycles. The van der Waals surface area contributed by atoms with E-state index in [9.17, 15) is 0 Å². The first kappa shape index (κ1) is 7.56. The molecule has 0 aliphatic heterocycles. The fraction of sp³-hybridized carbons (Fsp3) is 0.625. The molecular formula is C8H13. The third kappa shape index (κ3) is 3.74. The maximum atomic E-state index is 3.05. The molecule has 0 heterocycles. The second-order valence-electron chi connectivity index (χ2n) is 1.79. The minimum Gasteiger partial charge on any atom is -0.103 e. The van der Waals surface area contributed by atoms with Gasteiger partial charge < -0.3 is 0 Å². The zero-order chi connectivity index (χ0) is 6.41. The van der Waals surface area contributed by atoms with Gasteiger partial charge in [0.25, 0.3) is 0 Å². The predicted octanol–water partition coefficient (Wildman–Crippen LogP) is 2.40. The molecule has 1 radical (unpaired) electrons. The molecule has 8 heavy (non-hydrogen) atoms. The van der Waals surface area contributed by atoms with E-state index in [2.05, 4.69) is 32.6 Å². The van der Waals surface area contributed by atoms with Crippen LogP contribution in [0.3, 0.4) is 0 Å². The average Bonchev–Trinajstić information content (AvgIpc) is 1.83. The van der Waals surface area contributed by atoms with Crippen molar-refractivity contribution in [3.8, 4) is 11.8 Å². The lowest BCUT2D eigenvalue weighted by Gasteiger charge is -1.91. The van der Waals surface area contributed by atoms with Crippen molar-refractivity contribution in [2.24, 2.45) is 0 Å².